The molecule has 1 aromatic heterocycles. The van der Waals surface area contributed by atoms with Crippen molar-refractivity contribution < 1.29 is 28.1 Å². The van der Waals surface area contributed by atoms with Crippen LogP contribution in [0.1, 0.15) is 36.8 Å². The normalized spacial score (nSPS) is 15.9. The van der Waals surface area contributed by atoms with Crippen molar-refractivity contribution in [2.24, 2.45) is 10.6 Å². The molecule has 0 saturated heterocycles. The monoisotopic (exact) mass is 597 g/mol. The Bertz CT molecular complexity index is 1360. The molecular weight excluding hydrogens is 572 g/mol. The lowest BCUT2D eigenvalue weighted by Gasteiger charge is -2.23. The number of anilines is 1. The molecular formula is C25H26Cl2FN5O5S. The van der Waals surface area contributed by atoms with Gasteiger partial charge in [0.2, 0.25) is 5.91 Å². The fourth-order valence-corrected chi connectivity index (χ4v) is 4.80. The first-order valence-corrected chi connectivity index (χ1v) is 13.7. The highest BCUT2D eigenvalue weighted by Crippen LogP contribution is 2.30. The SMILES string of the molecule is CC(C)(C)C(=O)Nc1cc(Cl)c(Cl)nc1COC(=O)N1CC2=C(C1)CN(C(=O)c1ccc([S+](N)[O-])cc1F)C2. The molecule has 14 heteroatoms. The number of amides is 3. The molecule has 1 aromatic carbocycles. The summed E-state index contributed by atoms with van der Waals surface area (Å²) in [4.78, 5) is 45.3. The Morgan fingerprint density at radius 2 is 1.74 bits per heavy atom. The zero-order chi connectivity index (χ0) is 28.6. The molecule has 3 heterocycles. The number of carbonyl (C=O) groups is 3. The molecule has 1 atom stereocenters. The molecule has 2 aliphatic rings. The topological polar surface area (TPSA) is 141 Å². The summed E-state index contributed by atoms with van der Waals surface area (Å²) in [5.74, 6) is -1.59. The number of aromatic nitrogens is 1. The summed E-state index contributed by atoms with van der Waals surface area (Å²) in [5.41, 5.74) is 1.42. The summed E-state index contributed by atoms with van der Waals surface area (Å²) in [6, 6.07) is 5.05. The minimum atomic E-state index is -1.86. The first-order chi connectivity index (χ1) is 18.2. The van der Waals surface area contributed by atoms with Crippen molar-refractivity contribution in [2.45, 2.75) is 32.3 Å². The number of carbonyl (C=O) groups excluding carboxylic acids is 3. The van der Waals surface area contributed by atoms with E-state index in [0.29, 0.717) is 0 Å². The van der Waals surface area contributed by atoms with Gasteiger partial charge in [-0.25, -0.2) is 14.2 Å². The minimum absolute atomic E-state index is 0.00501. The second-order valence-electron chi connectivity index (χ2n) is 10.2. The van der Waals surface area contributed by atoms with Crippen LogP contribution in [-0.4, -0.2) is 63.4 Å². The van der Waals surface area contributed by atoms with Gasteiger partial charge in [0, 0.05) is 37.7 Å². The predicted octanol–water partition coefficient (Wildman–Crippen LogP) is 3.90. The van der Waals surface area contributed by atoms with E-state index in [-0.39, 0.29) is 70.7 Å². The second kappa shape index (κ2) is 11.3. The van der Waals surface area contributed by atoms with Gasteiger partial charge in [-0.3, -0.25) is 9.59 Å². The van der Waals surface area contributed by atoms with Crippen molar-refractivity contribution in [3.63, 3.8) is 0 Å². The van der Waals surface area contributed by atoms with Gasteiger partial charge < -0.3 is 24.4 Å². The van der Waals surface area contributed by atoms with E-state index in [0.717, 1.165) is 17.2 Å². The zero-order valence-electron chi connectivity index (χ0n) is 21.3. The Morgan fingerprint density at radius 1 is 1.13 bits per heavy atom. The van der Waals surface area contributed by atoms with E-state index in [9.17, 15) is 23.3 Å². The van der Waals surface area contributed by atoms with Gasteiger partial charge in [-0.15, -0.1) is 5.14 Å². The summed E-state index contributed by atoms with van der Waals surface area (Å²) in [6.45, 7) is 5.94. The molecule has 4 rings (SSSR count). The molecule has 0 bridgehead atoms. The van der Waals surface area contributed by atoms with Crippen LogP contribution in [0.2, 0.25) is 10.2 Å². The highest BCUT2D eigenvalue weighted by molar-refractivity contribution is 7.89. The number of nitrogens with zero attached hydrogens (tertiary/aromatic N) is 3. The molecule has 3 amide bonds. The predicted molar refractivity (Wildman–Crippen MR) is 144 cm³/mol. The Hall–Kier alpha value is -2.90. The van der Waals surface area contributed by atoms with Crippen LogP contribution in [0.5, 0.6) is 0 Å². The van der Waals surface area contributed by atoms with Crippen LogP contribution in [0.4, 0.5) is 14.9 Å². The molecule has 0 aliphatic carbocycles. The largest absolute Gasteiger partial charge is 0.593 e. The van der Waals surface area contributed by atoms with Crippen LogP contribution < -0.4 is 10.5 Å². The molecule has 39 heavy (non-hydrogen) atoms. The Labute approximate surface area is 237 Å². The molecule has 0 spiro atoms. The Balaban J connectivity index is 1.35. The van der Waals surface area contributed by atoms with Crippen molar-refractivity contribution >= 4 is 58.2 Å². The number of ether oxygens (including phenoxy) is 1. The number of rotatable bonds is 5. The average Bonchev–Trinajstić information content (AvgIpc) is 3.43. The molecule has 2 aliphatic heterocycles. The van der Waals surface area contributed by atoms with Gasteiger partial charge in [-0.1, -0.05) is 44.0 Å². The fraction of sp³-hybridized carbons (Fsp3) is 0.360. The highest BCUT2D eigenvalue weighted by Gasteiger charge is 2.36. The quantitative estimate of drug-likeness (QED) is 0.302. The van der Waals surface area contributed by atoms with E-state index in [2.05, 4.69) is 10.3 Å². The summed E-state index contributed by atoms with van der Waals surface area (Å²) in [5, 5.41) is 8.16. The van der Waals surface area contributed by atoms with Gasteiger partial charge in [-0.05, 0) is 29.3 Å². The lowest BCUT2D eigenvalue weighted by Crippen LogP contribution is -2.37. The summed E-state index contributed by atoms with van der Waals surface area (Å²) in [7, 11) is 0. The first-order valence-electron chi connectivity index (χ1n) is 11.8. The first kappa shape index (κ1) is 29.1. The number of pyridine rings is 1. The van der Waals surface area contributed by atoms with Crippen molar-refractivity contribution in [2.75, 3.05) is 31.5 Å². The van der Waals surface area contributed by atoms with Crippen LogP contribution in [0, 0.1) is 11.2 Å². The number of nitrogens with two attached hydrogens (primary N) is 1. The maximum absolute atomic E-state index is 14.4. The maximum atomic E-state index is 14.4. The Kier molecular flexibility index (Phi) is 8.43. The van der Waals surface area contributed by atoms with E-state index in [1.165, 1.54) is 28.0 Å². The van der Waals surface area contributed by atoms with Gasteiger partial charge in [0.25, 0.3) is 5.91 Å². The Morgan fingerprint density at radius 3 is 2.31 bits per heavy atom. The summed E-state index contributed by atoms with van der Waals surface area (Å²) >= 11 is 10.3. The van der Waals surface area contributed by atoms with Crippen molar-refractivity contribution in [1.82, 2.24) is 14.8 Å². The summed E-state index contributed by atoms with van der Waals surface area (Å²) < 4.78 is 31.2. The van der Waals surface area contributed by atoms with Gasteiger partial charge in [-0.2, -0.15) is 0 Å². The van der Waals surface area contributed by atoms with E-state index in [4.69, 9.17) is 33.1 Å². The van der Waals surface area contributed by atoms with Gasteiger partial charge in [0.05, 0.1) is 27.6 Å². The molecule has 0 radical (unpaired) electrons. The number of hydrogen-bond acceptors (Lipinski definition) is 7. The van der Waals surface area contributed by atoms with E-state index in [1.807, 2.05) is 0 Å². The molecule has 1 unspecified atom stereocenters. The van der Waals surface area contributed by atoms with Gasteiger partial charge >= 0.3 is 6.09 Å². The van der Waals surface area contributed by atoms with E-state index in [1.54, 1.807) is 20.8 Å². The smallest absolute Gasteiger partial charge is 0.410 e. The maximum Gasteiger partial charge on any atom is 0.410 e. The average molecular weight is 598 g/mol. The van der Waals surface area contributed by atoms with Crippen LogP contribution in [-0.2, 0) is 27.5 Å². The van der Waals surface area contributed by atoms with Crippen LogP contribution >= 0.6 is 23.2 Å². The molecule has 0 saturated carbocycles. The molecule has 2 aromatic rings. The number of nitrogens with one attached hydrogen (secondary N) is 1. The number of hydrogen-bond donors (Lipinski definition) is 2. The second-order valence-corrected chi connectivity index (χ2v) is 12.0. The molecule has 0 fully saturated rings. The van der Waals surface area contributed by atoms with Crippen molar-refractivity contribution in [3.8, 4) is 0 Å². The molecule has 3 N–H and O–H groups in total. The molecule has 208 valence electrons. The highest BCUT2D eigenvalue weighted by atomic mass is 35.5. The van der Waals surface area contributed by atoms with Gasteiger partial charge in [0.1, 0.15) is 23.3 Å². The standard InChI is InChI=1S/C25H26Cl2FN5O5S/c1-25(2,3)23(35)31-19-7-17(26)21(27)30-20(19)12-38-24(36)33-10-13-8-32(9-14(13)11-33)22(34)16-5-4-15(39(29)37)6-18(16)28/h4-7H,8-12,29H2,1-3H3,(H,31,35). The third kappa shape index (κ3) is 6.47. The molecule has 10 nitrogen and oxygen atoms in total. The number of halogens is 3. The number of benzene rings is 1. The third-order valence-corrected chi connectivity index (χ3v) is 7.64. The van der Waals surface area contributed by atoms with Crippen molar-refractivity contribution in [3.05, 3.63) is 62.7 Å². The zero-order valence-corrected chi connectivity index (χ0v) is 23.7. The van der Waals surface area contributed by atoms with Crippen LogP contribution in [0.25, 0.3) is 0 Å². The van der Waals surface area contributed by atoms with Crippen LogP contribution in [0.3, 0.4) is 0 Å². The fourth-order valence-electron chi connectivity index (χ4n) is 4.07. The van der Waals surface area contributed by atoms with E-state index < -0.39 is 34.6 Å². The van der Waals surface area contributed by atoms with E-state index >= 15 is 0 Å². The minimum Gasteiger partial charge on any atom is -0.593 e. The van der Waals surface area contributed by atoms with Crippen molar-refractivity contribution in [1.29, 1.82) is 0 Å². The van der Waals surface area contributed by atoms with Crippen LogP contribution in [0.15, 0.2) is 40.3 Å². The summed E-state index contributed by atoms with van der Waals surface area (Å²) in [6.07, 6.45) is -0.611. The lowest BCUT2D eigenvalue weighted by atomic mass is 9.95. The van der Waals surface area contributed by atoms with Gasteiger partial charge in [0.15, 0.2) is 4.90 Å². The lowest BCUT2D eigenvalue weighted by molar-refractivity contribution is -0.123. The third-order valence-electron chi connectivity index (χ3n) is 6.25.